The lowest BCUT2D eigenvalue weighted by atomic mass is 9.78. The van der Waals surface area contributed by atoms with Gasteiger partial charge < -0.3 is 10.0 Å². The van der Waals surface area contributed by atoms with E-state index in [9.17, 15) is 9.90 Å². The number of carbonyl (C=O) groups is 1. The summed E-state index contributed by atoms with van der Waals surface area (Å²) >= 11 is 0. The lowest BCUT2D eigenvalue weighted by Gasteiger charge is -2.42. The Morgan fingerprint density at radius 3 is 2.18 bits per heavy atom. The van der Waals surface area contributed by atoms with Crippen LogP contribution < -0.4 is 0 Å². The van der Waals surface area contributed by atoms with Crippen molar-refractivity contribution in [1.82, 2.24) is 4.90 Å². The van der Waals surface area contributed by atoms with Gasteiger partial charge in [-0.3, -0.25) is 4.79 Å². The van der Waals surface area contributed by atoms with E-state index in [2.05, 4.69) is 11.8 Å². The molecule has 0 atom stereocenters. The molecule has 0 radical (unpaired) electrons. The van der Waals surface area contributed by atoms with Crippen LogP contribution in [0.1, 0.15) is 52.4 Å². The zero-order valence-electron chi connectivity index (χ0n) is 11.1. The van der Waals surface area contributed by atoms with E-state index in [4.69, 9.17) is 0 Å². The fourth-order valence-corrected chi connectivity index (χ4v) is 3.20. The molecule has 0 unspecified atom stereocenters. The first-order valence-corrected chi connectivity index (χ1v) is 6.99. The number of likely N-dealkylation sites (tertiary alicyclic amines) is 1. The molecule has 0 aromatic carbocycles. The molecule has 2 fully saturated rings. The third kappa shape index (κ3) is 2.82. The number of rotatable bonds is 2. The topological polar surface area (TPSA) is 40.5 Å². The van der Waals surface area contributed by atoms with Gasteiger partial charge in [-0.25, -0.2) is 0 Å². The molecule has 1 heterocycles. The van der Waals surface area contributed by atoms with Gasteiger partial charge in [0, 0.05) is 6.04 Å². The Hall–Kier alpha value is -0.570. The van der Waals surface area contributed by atoms with Crippen molar-refractivity contribution >= 4 is 5.97 Å². The molecule has 0 aromatic heterocycles. The van der Waals surface area contributed by atoms with Gasteiger partial charge in [-0.1, -0.05) is 6.92 Å². The summed E-state index contributed by atoms with van der Waals surface area (Å²) in [6, 6.07) is 0.726. The number of hydrogen-bond donors (Lipinski definition) is 1. The first-order valence-electron chi connectivity index (χ1n) is 6.99. The third-order valence-electron chi connectivity index (χ3n) is 4.92. The molecule has 98 valence electrons. The maximum atomic E-state index is 11.2. The van der Waals surface area contributed by atoms with Gasteiger partial charge in [0.2, 0.25) is 0 Å². The maximum Gasteiger partial charge on any atom is 0.309 e. The Balaban J connectivity index is 1.85. The zero-order valence-corrected chi connectivity index (χ0v) is 11.1. The molecular formula is C14H25NO2. The SMILES string of the molecule is CC1CCC(N2CCC(C)(C(=O)O)CC2)CC1. The fourth-order valence-electron chi connectivity index (χ4n) is 3.20. The smallest absolute Gasteiger partial charge is 0.309 e. The summed E-state index contributed by atoms with van der Waals surface area (Å²) in [6.07, 6.45) is 6.94. The molecule has 2 rings (SSSR count). The summed E-state index contributed by atoms with van der Waals surface area (Å²) in [5.74, 6) is 0.273. The lowest BCUT2D eigenvalue weighted by Crippen LogP contribution is -2.47. The van der Waals surface area contributed by atoms with Crippen LogP contribution in [-0.4, -0.2) is 35.1 Å². The van der Waals surface area contributed by atoms with Gasteiger partial charge in [-0.15, -0.1) is 0 Å². The number of piperidine rings is 1. The van der Waals surface area contributed by atoms with Crippen molar-refractivity contribution in [2.24, 2.45) is 11.3 Å². The Kier molecular flexibility index (Phi) is 3.76. The van der Waals surface area contributed by atoms with Crippen LogP contribution >= 0.6 is 0 Å². The van der Waals surface area contributed by atoms with Gasteiger partial charge in [0.25, 0.3) is 0 Å². The van der Waals surface area contributed by atoms with Gasteiger partial charge >= 0.3 is 5.97 Å². The summed E-state index contributed by atoms with van der Waals surface area (Å²) in [6.45, 7) is 6.19. The highest BCUT2D eigenvalue weighted by Crippen LogP contribution is 2.35. The molecule has 3 heteroatoms. The molecule has 1 saturated carbocycles. The van der Waals surface area contributed by atoms with E-state index >= 15 is 0 Å². The molecule has 1 saturated heterocycles. The Labute approximate surface area is 104 Å². The monoisotopic (exact) mass is 239 g/mol. The fraction of sp³-hybridized carbons (Fsp3) is 0.929. The molecule has 0 aromatic rings. The third-order valence-corrected chi connectivity index (χ3v) is 4.92. The number of hydrogen-bond acceptors (Lipinski definition) is 2. The minimum Gasteiger partial charge on any atom is -0.481 e. The second-order valence-electron chi connectivity index (χ2n) is 6.32. The summed E-state index contributed by atoms with van der Waals surface area (Å²) in [4.78, 5) is 13.7. The lowest BCUT2D eigenvalue weighted by molar-refractivity contribution is -0.151. The highest BCUT2D eigenvalue weighted by atomic mass is 16.4. The van der Waals surface area contributed by atoms with Crippen molar-refractivity contribution in [3.8, 4) is 0 Å². The largest absolute Gasteiger partial charge is 0.481 e. The highest BCUT2D eigenvalue weighted by Gasteiger charge is 2.38. The minimum absolute atomic E-state index is 0.474. The van der Waals surface area contributed by atoms with Crippen LogP contribution in [-0.2, 0) is 4.79 Å². The van der Waals surface area contributed by atoms with E-state index in [1.165, 1.54) is 25.7 Å². The Morgan fingerprint density at radius 1 is 1.18 bits per heavy atom. The van der Waals surface area contributed by atoms with Crippen molar-refractivity contribution in [2.75, 3.05) is 13.1 Å². The van der Waals surface area contributed by atoms with Gasteiger partial charge in [0.05, 0.1) is 5.41 Å². The van der Waals surface area contributed by atoms with E-state index < -0.39 is 11.4 Å². The molecule has 0 spiro atoms. The van der Waals surface area contributed by atoms with E-state index in [0.717, 1.165) is 37.9 Å². The summed E-state index contributed by atoms with van der Waals surface area (Å²) in [5, 5.41) is 9.21. The van der Waals surface area contributed by atoms with Crippen molar-refractivity contribution in [1.29, 1.82) is 0 Å². The van der Waals surface area contributed by atoms with Crippen LogP contribution in [0.25, 0.3) is 0 Å². The number of carboxylic acid groups (broad SMARTS) is 1. The van der Waals surface area contributed by atoms with E-state index in [-0.39, 0.29) is 0 Å². The predicted molar refractivity (Wildman–Crippen MR) is 68.0 cm³/mol. The second-order valence-corrected chi connectivity index (χ2v) is 6.32. The highest BCUT2D eigenvalue weighted by molar-refractivity contribution is 5.74. The van der Waals surface area contributed by atoms with Gasteiger partial charge in [0.1, 0.15) is 0 Å². The molecule has 2 aliphatic rings. The van der Waals surface area contributed by atoms with Gasteiger partial charge in [0.15, 0.2) is 0 Å². The van der Waals surface area contributed by atoms with E-state index in [0.29, 0.717) is 0 Å². The molecule has 17 heavy (non-hydrogen) atoms. The van der Waals surface area contributed by atoms with E-state index in [1.807, 2.05) is 6.92 Å². The van der Waals surface area contributed by atoms with E-state index in [1.54, 1.807) is 0 Å². The summed E-state index contributed by atoms with van der Waals surface area (Å²) in [5.41, 5.74) is -0.474. The first-order chi connectivity index (χ1) is 8.01. The van der Waals surface area contributed by atoms with Crippen molar-refractivity contribution in [3.63, 3.8) is 0 Å². The molecule has 3 nitrogen and oxygen atoms in total. The number of aliphatic carboxylic acids is 1. The average molecular weight is 239 g/mol. The number of carboxylic acids is 1. The van der Waals surface area contributed by atoms with Crippen LogP contribution in [0.3, 0.4) is 0 Å². The maximum absolute atomic E-state index is 11.2. The van der Waals surface area contributed by atoms with Gasteiger partial charge in [-0.05, 0) is 64.5 Å². The standard InChI is InChI=1S/C14H25NO2/c1-11-3-5-12(6-4-11)15-9-7-14(2,8-10-15)13(16)17/h11-12H,3-10H2,1-2H3,(H,16,17). The van der Waals surface area contributed by atoms with Crippen LogP contribution in [0.15, 0.2) is 0 Å². The van der Waals surface area contributed by atoms with Crippen molar-refractivity contribution in [3.05, 3.63) is 0 Å². The molecule has 1 aliphatic carbocycles. The summed E-state index contributed by atoms with van der Waals surface area (Å²) in [7, 11) is 0. The number of nitrogens with zero attached hydrogens (tertiary/aromatic N) is 1. The molecular weight excluding hydrogens is 214 g/mol. The molecule has 0 amide bonds. The Bertz CT molecular complexity index is 274. The second kappa shape index (κ2) is 4.97. The first kappa shape index (κ1) is 12.9. The van der Waals surface area contributed by atoms with Crippen LogP contribution in [0, 0.1) is 11.3 Å². The molecule has 0 bridgehead atoms. The van der Waals surface area contributed by atoms with Crippen LogP contribution in [0.2, 0.25) is 0 Å². The van der Waals surface area contributed by atoms with Gasteiger partial charge in [-0.2, -0.15) is 0 Å². The van der Waals surface area contributed by atoms with Crippen LogP contribution in [0.5, 0.6) is 0 Å². The van der Waals surface area contributed by atoms with Crippen LogP contribution in [0.4, 0.5) is 0 Å². The summed E-state index contributed by atoms with van der Waals surface area (Å²) < 4.78 is 0. The molecule has 1 N–H and O–H groups in total. The van der Waals surface area contributed by atoms with Crippen molar-refractivity contribution < 1.29 is 9.90 Å². The predicted octanol–water partition coefficient (Wildman–Crippen LogP) is 2.75. The Morgan fingerprint density at radius 2 is 1.71 bits per heavy atom. The zero-order chi connectivity index (χ0) is 12.5. The minimum atomic E-state index is -0.616. The average Bonchev–Trinajstić information content (AvgIpc) is 2.31. The quantitative estimate of drug-likeness (QED) is 0.805. The molecule has 1 aliphatic heterocycles. The normalized spacial score (nSPS) is 34.5. The van der Waals surface area contributed by atoms with Crippen molar-refractivity contribution in [2.45, 2.75) is 58.4 Å².